The van der Waals surface area contributed by atoms with Gasteiger partial charge >= 0.3 is 0 Å². The summed E-state index contributed by atoms with van der Waals surface area (Å²) in [6, 6.07) is 9.86. The molecule has 2 amide bonds. The third kappa shape index (κ3) is 9.16. The van der Waals surface area contributed by atoms with E-state index in [1.165, 1.54) is 25.4 Å². The fourth-order valence-corrected chi connectivity index (χ4v) is 2.44. The van der Waals surface area contributed by atoms with E-state index in [-0.39, 0.29) is 23.9 Å². The van der Waals surface area contributed by atoms with Crippen LogP contribution in [0, 0.1) is 0 Å². The number of aliphatic hydroxyl groups is 1. The SMILES string of the molecule is C\C=C(/C=C(\C=C(/C)C(=O)NC)C(=O)N=C(N)/C=C\NCCO)Cc1ccccc1. The van der Waals surface area contributed by atoms with E-state index >= 15 is 0 Å². The maximum atomic E-state index is 12.8. The lowest BCUT2D eigenvalue weighted by atomic mass is 10.0. The van der Waals surface area contributed by atoms with Crippen molar-refractivity contribution in [3.63, 3.8) is 0 Å². The zero-order valence-electron chi connectivity index (χ0n) is 17.7. The van der Waals surface area contributed by atoms with Crippen molar-refractivity contribution in [2.45, 2.75) is 20.3 Å². The maximum Gasteiger partial charge on any atom is 0.278 e. The lowest BCUT2D eigenvalue weighted by molar-refractivity contribution is -0.117. The number of aliphatic hydroxyl groups excluding tert-OH is 1. The van der Waals surface area contributed by atoms with Crippen LogP contribution in [0.15, 0.2) is 82.5 Å². The summed E-state index contributed by atoms with van der Waals surface area (Å²) in [4.78, 5) is 28.6. The summed E-state index contributed by atoms with van der Waals surface area (Å²) in [5.74, 6) is -0.841. The van der Waals surface area contributed by atoms with Gasteiger partial charge in [0, 0.05) is 30.9 Å². The molecule has 0 heterocycles. The molecule has 0 saturated carbocycles. The molecular weight excluding hydrogens is 380 g/mol. The predicted octanol–water partition coefficient (Wildman–Crippen LogP) is 1.77. The van der Waals surface area contributed by atoms with Gasteiger partial charge in [-0.2, -0.15) is 4.99 Å². The Bertz CT molecular complexity index is 866. The highest BCUT2D eigenvalue weighted by atomic mass is 16.3. The first-order valence-corrected chi connectivity index (χ1v) is 9.61. The van der Waals surface area contributed by atoms with Crippen LogP contribution in [0.3, 0.4) is 0 Å². The van der Waals surface area contributed by atoms with Gasteiger partial charge in [-0.3, -0.25) is 9.59 Å². The van der Waals surface area contributed by atoms with Crippen LogP contribution >= 0.6 is 0 Å². The Hall–Kier alpha value is -3.45. The van der Waals surface area contributed by atoms with E-state index in [9.17, 15) is 9.59 Å². The van der Waals surface area contributed by atoms with Crippen molar-refractivity contribution >= 4 is 17.6 Å². The molecule has 7 nitrogen and oxygen atoms in total. The molecule has 0 atom stereocenters. The van der Waals surface area contributed by atoms with Crippen LogP contribution in [0.5, 0.6) is 0 Å². The molecule has 0 aliphatic carbocycles. The molecule has 0 saturated heterocycles. The minimum atomic E-state index is -0.560. The van der Waals surface area contributed by atoms with Crippen molar-refractivity contribution in [3.8, 4) is 0 Å². The lowest BCUT2D eigenvalue weighted by Gasteiger charge is -2.06. The van der Waals surface area contributed by atoms with Gasteiger partial charge in [0.15, 0.2) is 0 Å². The number of likely N-dealkylation sites (N-methyl/N-ethyl adjacent to an activating group) is 1. The molecule has 0 unspecified atom stereocenters. The second-order valence-corrected chi connectivity index (χ2v) is 6.39. The van der Waals surface area contributed by atoms with Crippen molar-refractivity contribution in [1.82, 2.24) is 10.6 Å². The largest absolute Gasteiger partial charge is 0.395 e. The summed E-state index contributed by atoms with van der Waals surface area (Å²) in [5, 5.41) is 14.1. The number of amides is 2. The van der Waals surface area contributed by atoms with Crippen LogP contribution in [-0.2, 0) is 16.0 Å². The Balaban J connectivity index is 3.20. The summed E-state index contributed by atoms with van der Waals surface area (Å²) in [6.07, 6.45) is 8.69. The molecule has 30 heavy (non-hydrogen) atoms. The van der Waals surface area contributed by atoms with Crippen LogP contribution in [0.4, 0.5) is 0 Å². The smallest absolute Gasteiger partial charge is 0.278 e. The van der Waals surface area contributed by atoms with E-state index in [4.69, 9.17) is 10.8 Å². The number of allylic oxidation sites excluding steroid dienone is 3. The average Bonchev–Trinajstić information content (AvgIpc) is 2.75. The molecule has 1 aromatic rings. The van der Waals surface area contributed by atoms with Gasteiger partial charge in [0.2, 0.25) is 5.91 Å². The standard InChI is InChI=1S/C23H30N4O3/c1-4-18(15-19-8-6-5-7-9-19)16-20(14-17(2)22(29)25-3)23(30)27-21(24)10-11-26-12-13-28/h4-11,14,16,26,28H,12-13,15H2,1-3H3,(H,25,29)(H2,24,27,30)/b11-10-,17-14+,18-4-,20-16+. The van der Waals surface area contributed by atoms with Crippen LogP contribution in [0.2, 0.25) is 0 Å². The van der Waals surface area contributed by atoms with E-state index in [0.29, 0.717) is 18.5 Å². The molecule has 7 heteroatoms. The van der Waals surface area contributed by atoms with E-state index in [2.05, 4.69) is 15.6 Å². The number of carbonyl (C=O) groups excluding carboxylic acids is 2. The van der Waals surface area contributed by atoms with E-state index in [0.717, 1.165) is 11.1 Å². The van der Waals surface area contributed by atoms with Gasteiger partial charge in [-0.25, -0.2) is 0 Å². The van der Waals surface area contributed by atoms with Gasteiger partial charge in [-0.1, -0.05) is 36.4 Å². The maximum absolute atomic E-state index is 12.8. The number of amidine groups is 1. The quantitative estimate of drug-likeness (QED) is 0.154. The number of nitrogens with zero attached hydrogens (tertiary/aromatic N) is 1. The first-order valence-electron chi connectivity index (χ1n) is 9.61. The highest BCUT2D eigenvalue weighted by Crippen LogP contribution is 2.14. The van der Waals surface area contributed by atoms with E-state index in [1.54, 1.807) is 13.0 Å². The zero-order valence-corrected chi connectivity index (χ0v) is 17.7. The van der Waals surface area contributed by atoms with E-state index < -0.39 is 5.91 Å². The Kier molecular flexibility index (Phi) is 11.2. The molecule has 0 bridgehead atoms. The number of aliphatic imine (C=N–C) groups is 1. The second kappa shape index (κ2) is 13.7. The second-order valence-electron chi connectivity index (χ2n) is 6.39. The molecule has 1 aromatic carbocycles. The fraction of sp³-hybridized carbons (Fsp3) is 0.261. The van der Waals surface area contributed by atoms with Gasteiger partial charge < -0.3 is 21.5 Å². The van der Waals surface area contributed by atoms with Gasteiger partial charge in [0.25, 0.3) is 5.91 Å². The molecular formula is C23H30N4O3. The number of hydrogen-bond donors (Lipinski definition) is 4. The van der Waals surface area contributed by atoms with Crippen molar-refractivity contribution in [2.75, 3.05) is 20.2 Å². The molecule has 0 aliphatic rings. The normalized spacial score (nSPS) is 13.5. The Morgan fingerprint density at radius 3 is 2.50 bits per heavy atom. The number of nitrogens with one attached hydrogen (secondary N) is 2. The monoisotopic (exact) mass is 410 g/mol. The highest BCUT2D eigenvalue weighted by Gasteiger charge is 2.11. The highest BCUT2D eigenvalue weighted by molar-refractivity contribution is 6.08. The molecule has 160 valence electrons. The first kappa shape index (κ1) is 24.6. The van der Waals surface area contributed by atoms with Gasteiger partial charge in [0.05, 0.1) is 6.61 Å². The molecule has 0 aliphatic heterocycles. The first-order chi connectivity index (χ1) is 14.4. The number of hydrogen-bond acceptors (Lipinski definition) is 4. The number of rotatable bonds is 10. The molecule has 5 N–H and O–H groups in total. The summed E-state index contributed by atoms with van der Waals surface area (Å²) >= 11 is 0. The minimum absolute atomic E-state index is 0.00687. The molecule has 0 fully saturated rings. The van der Waals surface area contributed by atoms with Gasteiger partial charge in [-0.05, 0) is 49.6 Å². The van der Waals surface area contributed by atoms with Crippen molar-refractivity contribution in [2.24, 2.45) is 10.7 Å². The van der Waals surface area contributed by atoms with Crippen molar-refractivity contribution in [3.05, 3.63) is 83.1 Å². The molecule has 0 radical (unpaired) electrons. The zero-order chi connectivity index (χ0) is 22.4. The third-order valence-electron chi connectivity index (χ3n) is 4.03. The summed E-state index contributed by atoms with van der Waals surface area (Å²) in [7, 11) is 1.53. The number of nitrogens with two attached hydrogens (primary N) is 1. The van der Waals surface area contributed by atoms with E-state index in [1.807, 2.05) is 43.3 Å². The van der Waals surface area contributed by atoms with Crippen LogP contribution in [0.1, 0.15) is 19.4 Å². The minimum Gasteiger partial charge on any atom is -0.395 e. The van der Waals surface area contributed by atoms with Crippen molar-refractivity contribution < 1.29 is 14.7 Å². The summed E-state index contributed by atoms with van der Waals surface area (Å²) in [5.41, 5.74) is 8.42. The third-order valence-corrected chi connectivity index (χ3v) is 4.03. The molecule has 0 aromatic heterocycles. The van der Waals surface area contributed by atoms with Crippen LogP contribution in [-0.4, -0.2) is 43.0 Å². The summed E-state index contributed by atoms with van der Waals surface area (Å²) in [6.45, 7) is 3.85. The predicted molar refractivity (Wildman–Crippen MR) is 121 cm³/mol. The van der Waals surface area contributed by atoms with Crippen LogP contribution in [0.25, 0.3) is 0 Å². The fourth-order valence-electron chi connectivity index (χ4n) is 2.44. The Morgan fingerprint density at radius 2 is 1.90 bits per heavy atom. The average molecular weight is 411 g/mol. The van der Waals surface area contributed by atoms with Gasteiger partial charge in [0.1, 0.15) is 5.84 Å². The number of carbonyl (C=O) groups is 2. The lowest BCUT2D eigenvalue weighted by Crippen LogP contribution is -2.19. The van der Waals surface area contributed by atoms with Crippen molar-refractivity contribution in [1.29, 1.82) is 0 Å². The molecule has 1 rings (SSSR count). The Morgan fingerprint density at radius 1 is 1.20 bits per heavy atom. The van der Waals surface area contributed by atoms with Gasteiger partial charge in [-0.15, -0.1) is 0 Å². The topological polar surface area (TPSA) is 117 Å². The molecule has 0 spiro atoms. The summed E-state index contributed by atoms with van der Waals surface area (Å²) < 4.78 is 0. The van der Waals surface area contributed by atoms with Crippen LogP contribution < -0.4 is 16.4 Å². The number of benzene rings is 1. The Labute approximate surface area is 177 Å².